The van der Waals surface area contributed by atoms with E-state index in [2.05, 4.69) is 16.3 Å². The third-order valence-corrected chi connectivity index (χ3v) is 4.99. The third kappa shape index (κ3) is 2.78. The van der Waals surface area contributed by atoms with Gasteiger partial charge in [0.2, 0.25) is 5.16 Å². The molecule has 0 aliphatic heterocycles. The maximum absolute atomic E-state index is 13.1. The maximum atomic E-state index is 13.1. The fourth-order valence-corrected chi connectivity index (χ4v) is 3.56. The molecule has 0 aliphatic carbocycles. The van der Waals surface area contributed by atoms with Crippen LogP contribution in [0, 0.1) is 17.1 Å². The number of pyridine rings is 1. The molecule has 3 heterocycles. The standard InChI is InChI=1S/C18H13FN6S/c19-14-6-4-12(5-7-14)17-22-23-18(25(17)21)26-11-13-10-24-8-2-1-3-16(24)15(13)9-20/h1-8,10H,11,21H2. The van der Waals surface area contributed by atoms with Crippen molar-refractivity contribution in [1.29, 1.82) is 5.26 Å². The van der Waals surface area contributed by atoms with E-state index < -0.39 is 0 Å². The molecule has 0 amide bonds. The van der Waals surface area contributed by atoms with Gasteiger partial charge in [-0.15, -0.1) is 10.2 Å². The maximum Gasteiger partial charge on any atom is 0.210 e. The summed E-state index contributed by atoms with van der Waals surface area (Å²) in [5.74, 6) is 6.75. The zero-order valence-corrected chi connectivity index (χ0v) is 14.3. The number of nitriles is 1. The van der Waals surface area contributed by atoms with Crippen molar-refractivity contribution in [3.05, 3.63) is 71.8 Å². The van der Waals surface area contributed by atoms with Crippen molar-refractivity contribution in [2.24, 2.45) is 0 Å². The molecule has 6 nitrogen and oxygen atoms in total. The number of nitrogens with two attached hydrogens (primary N) is 1. The van der Waals surface area contributed by atoms with Crippen molar-refractivity contribution in [3.8, 4) is 17.5 Å². The minimum Gasteiger partial charge on any atom is -0.335 e. The highest BCUT2D eigenvalue weighted by atomic mass is 32.2. The molecule has 0 saturated heterocycles. The molecule has 4 aromatic rings. The number of rotatable bonds is 4. The highest BCUT2D eigenvalue weighted by molar-refractivity contribution is 7.98. The number of hydrogen-bond donors (Lipinski definition) is 1. The number of hydrogen-bond acceptors (Lipinski definition) is 5. The van der Waals surface area contributed by atoms with Gasteiger partial charge in [0, 0.05) is 23.7 Å². The molecule has 8 heteroatoms. The molecule has 4 rings (SSSR count). The van der Waals surface area contributed by atoms with Gasteiger partial charge in [0.1, 0.15) is 11.9 Å². The minimum absolute atomic E-state index is 0.323. The Morgan fingerprint density at radius 1 is 1.15 bits per heavy atom. The fourth-order valence-electron chi connectivity index (χ4n) is 2.73. The number of nitrogen functional groups attached to an aromatic ring is 1. The Morgan fingerprint density at radius 3 is 2.73 bits per heavy atom. The Labute approximate surface area is 152 Å². The Morgan fingerprint density at radius 2 is 1.96 bits per heavy atom. The average Bonchev–Trinajstić information content (AvgIpc) is 3.20. The van der Waals surface area contributed by atoms with Gasteiger partial charge in [-0.2, -0.15) is 5.26 Å². The minimum atomic E-state index is -0.323. The molecule has 26 heavy (non-hydrogen) atoms. The third-order valence-electron chi connectivity index (χ3n) is 4.00. The van der Waals surface area contributed by atoms with Crippen molar-refractivity contribution < 1.29 is 4.39 Å². The van der Waals surface area contributed by atoms with Gasteiger partial charge in [-0.05, 0) is 42.0 Å². The van der Waals surface area contributed by atoms with Gasteiger partial charge in [0.25, 0.3) is 0 Å². The van der Waals surface area contributed by atoms with Crippen LogP contribution in [0.5, 0.6) is 0 Å². The Kier molecular flexibility index (Phi) is 4.07. The summed E-state index contributed by atoms with van der Waals surface area (Å²) in [7, 11) is 0. The fraction of sp³-hybridized carbons (Fsp3) is 0.0556. The van der Waals surface area contributed by atoms with Crippen molar-refractivity contribution in [2.75, 3.05) is 5.84 Å². The lowest BCUT2D eigenvalue weighted by molar-refractivity contribution is 0.628. The van der Waals surface area contributed by atoms with Gasteiger partial charge < -0.3 is 10.2 Å². The van der Waals surface area contributed by atoms with Crippen molar-refractivity contribution in [2.45, 2.75) is 10.9 Å². The molecule has 0 bridgehead atoms. The van der Waals surface area contributed by atoms with E-state index in [0.717, 1.165) is 11.1 Å². The van der Waals surface area contributed by atoms with E-state index in [9.17, 15) is 9.65 Å². The summed E-state index contributed by atoms with van der Waals surface area (Å²) in [6.07, 6.45) is 3.83. The predicted octanol–water partition coefficient (Wildman–Crippen LogP) is 3.21. The molecule has 0 spiro atoms. The van der Waals surface area contributed by atoms with Gasteiger partial charge in [-0.1, -0.05) is 17.8 Å². The molecule has 0 aliphatic rings. The van der Waals surface area contributed by atoms with Crippen molar-refractivity contribution in [3.63, 3.8) is 0 Å². The van der Waals surface area contributed by atoms with Crippen LogP contribution in [-0.4, -0.2) is 19.3 Å². The van der Waals surface area contributed by atoms with Gasteiger partial charge in [-0.3, -0.25) is 0 Å². The van der Waals surface area contributed by atoms with Gasteiger partial charge in [0.15, 0.2) is 5.82 Å². The molecule has 0 unspecified atom stereocenters. The molecule has 0 radical (unpaired) electrons. The van der Waals surface area contributed by atoms with Crippen LogP contribution in [0.1, 0.15) is 11.1 Å². The molecule has 128 valence electrons. The van der Waals surface area contributed by atoms with Crippen LogP contribution in [-0.2, 0) is 5.75 Å². The lowest BCUT2D eigenvalue weighted by Gasteiger charge is -2.03. The first-order valence-electron chi connectivity index (χ1n) is 7.75. The van der Waals surface area contributed by atoms with Crippen LogP contribution >= 0.6 is 11.8 Å². The summed E-state index contributed by atoms with van der Waals surface area (Å²) < 4.78 is 16.4. The van der Waals surface area contributed by atoms with E-state index in [1.165, 1.54) is 28.6 Å². The van der Waals surface area contributed by atoms with Gasteiger partial charge >= 0.3 is 0 Å². The molecular formula is C18H13FN6S. The van der Waals surface area contributed by atoms with E-state index in [4.69, 9.17) is 5.84 Å². The summed E-state index contributed by atoms with van der Waals surface area (Å²) in [5.41, 5.74) is 3.09. The van der Waals surface area contributed by atoms with Crippen LogP contribution in [0.15, 0.2) is 60.0 Å². The SMILES string of the molecule is N#Cc1c(CSc2nnc(-c3ccc(F)cc3)n2N)cn2ccccc12. The zero-order valence-electron chi connectivity index (χ0n) is 13.5. The Hall–Kier alpha value is -3.31. The van der Waals surface area contributed by atoms with Gasteiger partial charge in [-0.25, -0.2) is 9.07 Å². The molecule has 0 fully saturated rings. The number of halogens is 1. The van der Waals surface area contributed by atoms with E-state index in [0.29, 0.717) is 27.9 Å². The van der Waals surface area contributed by atoms with Crippen molar-refractivity contribution in [1.82, 2.24) is 19.3 Å². The lowest BCUT2D eigenvalue weighted by Crippen LogP contribution is -2.11. The van der Waals surface area contributed by atoms with Crippen LogP contribution in [0.4, 0.5) is 4.39 Å². The normalized spacial score (nSPS) is 10.9. The first-order valence-corrected chi connectivity index (χ1v) is 8.74. The smallest absolute Gasteiger partial charge is 0.210 e. The largest absolute Gasteiger partial charge is 0.335 e. The first kappa shape index (κ1) is 16.2. The predicted molar refractivity (Wildman–Crippen MR) is 97.2 cm³/mol. The number of aromatic nitrogens is 4. The highest BCUT2D eigenvalue weighted by Crippen LogP contribution is 2.27. The molecular weight excluding hydrogens is 351 g/mol. The zero-order chi connectivity index (χ0) is 18.1. The molecule has 2 N–H and O–H groups in total. The Balaban J connectivity index is 1.60. The molecule has 0 saturated carbocycles. The van der Waals surface area contributed by atoms with E-state index in [1.807, 2.05) is 35.0 Å². The van der Waals surface area contributed by atoms with E-state index >= 15 is 0 Å². The van der Waals surface area contributed by atoms with Crippen molar-refractivity contribution >= 4 is 17.3 Å². The summed E-state index contributed by atoms with van der Waals surface area (Å²) in [6, 6.07) is 13.9. The van der Waals surface area contributed by atoms with Crippen LogP contribution < -0.4 is 5.84 Å². The van der Waals surface area contributed by atoms with Crippen LogP contribution in [0.2, 0.25) is 0 Å². The second-order valence-electron chi connectivity index (χ2n) is 5.61. The first-order chi connectivity index (χ1) is 12.7. The monoisotopic (exact) mass is 364 g/mol. The lowest BCUT2D eigenvalue weighted by atomic mass is 10.2. The highest BCUT2D eigenvalue weighted by Gasteiger charge is 2.15. The second-order valence-corrected chi connectivity index (χ2v) is 6.55. The molecule has 1 aromatic carbocycles. The molecule has 3 aromatic heterocycles. The second kappa shape index (κ2) is 6.54. The number of thioether (sulfide) groups is 1. The topological polar surface area (TPSA) is 84.9 Å². The number of fused-ring (bicyclic) bond motifs is 1. The average molecular weight is 364 g/mol. The quantitative estimate of drug-likeness (QED) is 0.444. The Bertz CT molecular complexity index is 1120. The molecule has 0 atom stereocenters. The summed E-state index contributed by atoms with van der Waals surface area (Å²) >= 11 is 1.39. The van der Waals surface area contributed by atoms with Crippen LogP contribution in [0.25, 0.3) is 16.9 Å². The van der Waals surface area contributed by atoms with Gasteiger partial charge in [0.05, 0.1) is 11.1 Å². The summed E-state index contributed by atoms with van der Waals surface area (Å²) in [4.78, 5) is 0. The number of benzene rings is 1. The van der Waals surface area contributed by atoms with Crippen LogP contribution in [0.3, 0.4) is 0 Å². The van der Waals surface area contributed by atoms with E-state index in [1.54, 1.807) is 12.1 Å². The summed E-state index contributed by atoms with van der Waals surface area (Å²) in [6.45, 7) is 0. The summed E-state index contributed by atoms with van der Waals surface area (Å²) in [5, 5.41) is 18.2. The van der Waals surface area contributed by atoms with E-state index in [-0.39, 0.29) is 5.82 Å². The number of nitrogens with zero attached hydrogens (tertiary/aromatic N) is 5.